The number of urea groups is 1. The third-order valence-electron chi connectivity index (χ3n) is 4.59. The van der Waals surface area contributed by atoms with Gasteiger partial charge in [0.25, 0.3) is 0 Å². The van der Waals surface area contributed by atoms with Crippen molar-refractivity contribution in [2.45, 2.75) is 19.9 Å². The Bertz CT molecular complexity index is 743. The Labute approximate surface area is 154 Å². The summed E-state index contributed by atoms with van der Waals surface area (Å²) in [6.07, 6.45) is 2.92. The number of anilines is 1. The van der Waals surface area contributed by atoms with Crippen molar-refractivity contribution in [3.63, 3.8) is 0 Å². The van der Waals surface area contributed by atoms with E-state index in [1.807, 2.05) is 43.5 Å². The van der Waals surface area contributed by atoms with Crippen molar-refractivity contribution in [1.29, 1.82) is 0 Å². The van der Waals surface area contributed by atoms with Gasteiger partial charge in [0, 0.05) is 37.8 Å². The number of hydrogen-bond acceptors (Lipinski definition) is 4. The van der Waals surface area contributed by atoms with Crippen molar-refractivity contribution in [3.05, 3.63) is 24.5 Å². The Hall–Kier alpha value is -2.12. The van der Waals surface area contributed by atoms with Gasteiger partial charge >= 0.3 is 6.03 Å². The molecule has 0 aliphatic carbocycles. The molecule has 1 aromatic carbocycles. The Morgan fingerprint density at radius 3 is 3.04 bits per heavy atom. The molecule has 0 bridgehead atoms. The predicted molar refractivity (Wildman–Crippen MR) is 103 cm³/mol. The maximum Gasteiger partial charge on any atom is 0.321 e. The van der Waals surface area contributed by atoms with Crippen LogP contribution < -0.4 is 5.32 Å². The lowest BCUT2D eigenvalue weighted by Gasteiger charge is -2.25. The first-order valence-corrected chi connectivity index (χ1v) is 9.30. The highest BCUT2D eigenvalue weighted by Crippen LogP contribution is 2.19. The highest BCUT2D eigenvalue weighted by atomic mass is 16.5. The number of nitrogens with zero attached hydrogens (tertiary/aromatic N) is 4. The van der Waals surface area contributed by atoms with Gasteiger partial charge in [-0.25, -0.2) is 9.78 Å². The fourth-order valence-corrected chi connectivity index (χ4v) is 3.45. The van der Waals surface area contributed by atoms with Crippen LogP contribution in [0.25, 0.3) is 11.0 Å². The monoisotopic (exact) mass is 359 g/mol. The van der Waals surface area contributed by atoms with Gasteiger partial charge in [-0.05, 0) is 38.7 Å². The molecule has 2 amide bonds. The molecule has 1 saturated heterocycles. The van der Waals surface area contributed by atoms with E-state index in [2.05, 4.69) is 26.7 Å². The third kappa shape index (κ3) is 4.53. The van der Waals surface area contributed by atoms with Gasteiger partial charge in [-0.1, -0.05) is 6.92 Å². The lowest BCUT2D eigenvalue weighted by molar-refractivity contribution is 0.112. The second kappa shape index (κ2) is 8.51. The van der Waals surface area contributed by atoms with Crippen LogP contribution in [0.2, 0.25) is 0 Å². The lowest BCUT2D eigenvalue weighted by Crippen LogP contribution is -2.41. The first-order valence-electron chi connectivity index (χ1n) is 9.30. The molecule has 0 saturated carbocycles. The number of fused-ring (bicyclic) bond motifs is 1. The SMILES string of the molecule is CCCn1cnc2cc(NC(=O)N3CCOC[C@@H](CN(C)C)C3)ccc21. The Balaban J connectivity index is 1.67. The molecule has 1 fully saturated rings. The summed E-state index contributed by atoms with van der Waals surface area (Å²) in [4.78, 5) is 21.1. The molecule has 1 N–H and O–H groups in total. The first kappa shape index (κ1) is 18.7. The number of carbonyl (C=O) groups is 1. The van der Waals surface area contributed by atoms with Gasteiger partial charge in [-0.2, -0.15) is 0 Å². The Morgan fingerprint density at radius 1 is 1.42 bits per heavy atom. The van der Waals surface area contributed by atoms with Crippen molar-refractivity contribution >= 4 is 22.8 Å². The van der Waals surface area contributed by atoms with Gasteiger partial charge in [0.2, 0.25) is 0 Å². The van der Waals surface area contributed by atoms with Crippen LogP contribution in [0.4, 0.5) is 10.5 Å². The molecule has 142 valence electrons. The summed E-state index contributed by atoms with van der Waals surface area (Å²) in [6.45, 7) is 6.60. The Kier molecular flexibility index (Phi) is 6.11. The maximum absolute atomic E-state index is 12.7. The standard InChI is InChI=1S/C19H29N5O2/c1-4-7-24-14-20-17-10-16(5-6-18(17)24)21-19(25)23-8-9-26-13-15(12-23)11-22(2)3/h5-6,10,14-15H,4,7-9,11-13H2,1-3H3,(H,21,25)/t15-/m0/s1. The first-order chi connectivity index (χ1) is 12.6. The van der Waals surface area contributed by atoms with E-state index in [4.69, 9.17) is 4.74 Å². The zero-order valence-corrected chi connectivity index (χ0v) is 15.9. The lowest BCUT2D eigenvalue weighted by atomic mass is 10.1. The van der Waals surface area contributed by atoms with Crippen molar-refractivity contribution in [1.82, 2.24) is 19.4 Å². The van der Waals surface area contributed by atoms with E-state index in [-0.39, 0.29) is 6.03 Å². The van der Waals surface area contributed by atoms with Crippen LogP contribution in [0.15, 0.2) is 24.5 Å². The normalized spacial score (nSPS) is 18.3. The summed E-state index contributed by atoms with van der Waals surface area (Å²) in [5.41, 5.74) is 2.78. The van der Waals surface area contributed by atoms with Gasteiger partial charge < -0.3 is 24.4 Å². The predicted octanol–water partition coefficient (Wildman–Crippen LogP) is 2.49. The quantitative estimate of drug-likeness (QED) is 0.891. The van der Waals surface area contributed by atoms with E-state index in [0.717, 1.165) is 36.2 Å². The molecule has 1 aliphatic rings. The molecular weight excluding hydrogens is 330 g/mol. The maximum atomic E-state index is 12.7. The minimum atomic E-state index is -0.0772. The highest BCUT2D eigenvalue weighted by Gasteiger charge is 2.23. The summed E-state index contributed by atoms with van der Waals surface area (Å²) in [6, 6.07) is 5.82. The van der Waals surface area contributed by atoms with E-state index in [0.29, 0.717) is 32.2 Å². The molecule has 7 heteroatoms. The summed E-state index contributed by atoms with van der Waals surface area (Å²) in [5.74, 6) is 0.325. The number of amides is 2. The summed E-state index contributed by atoms with van der Waals surface area (Å²) in [5, 5.41) is 3.02. The number of aryl methyl sites for hydroxylation is 1. The van der Waals surface area contributed by atoms with Crippen LogP contribution in [0, 0.1) is 5.92 Å². The molecule has 26 heavy (non-hydrogen) atoms. The number of aromatic nitrogens is 2. The molecule has 1 atom stereocenters. The summed E-state index contributed by atoms with van der Waals surface area (Å²) >= 11 is 0. The van der Waals surface area contributed by atoms with Crippen LogP contribution in [0.5, 0.6) is 0 Å². The number of ether oxygens (including phenoxy) is 1. The molecular formula is C19H29N5O2. The molecule has 0 spiro atoms. The minimum Gasteiger partial charge on any atom is -0.379 e. The molecule has 0 unspecified atom stereocenters. The number of carbonyl (C=O) groups excluding carboxylic acids is 1. The van der Waals surface area contributed by atoms with Crippen LogP contribution in [0.3, 0.4) is 0 Å². The van der Waals surface area contributed by atoms with E-state index in [1.54, 1.807) is 0 Å². The minimum absolute atomic E-state index is 0.0772. The number of hydrogen-bond donors (Lipinski definition) is 1. The molecule has 3 rings (SSSR count). The van der Waals surface area contributed by atoms with E-state index in [9.17, 15) is 4.79 Å². The van der Waals surface area contributed by atoms with Crippen molar-refractivity contribution in [3.8, 4) is 0 Å². The number of rotatable bonds is 5. The zero-order chi connectivity index (χ0) is 18.5. The highest BCUT2D eigenvalue weighted by molar-refractivity contribution is 5.92. The fourth-order valence-electron chi connectivity index (χ4n) is 3.45. The largest absolute Gasteiger partial charge is 0.379 e. The van der Waals surface area contributed by atoms with E-state index < -0.39 is 0 Å². The van der Waals surface area contributed by atoms with Crippen molar-refractivity contribution in [2.24, 2.45) is 5.92 Å². The summed E-state index contributed by atoms with van der Waals surface area (Å²) in [7, 11) is 4.09. The molecule has 0 radical (unpaired) electrons. The van der Waals surface area contributed by atoms with Gasteiger partial charge in [0.1, 0.15) is 0 Å². The van der Waals surface area contributed by atoms with Gasteiger partial charge in [0.15, 0.2) is 0 Å². The van der Waals surface area contributed by atoms with Crippen molar-refractivity contribution < 1.29 is 9.53 Å². The molecule has 2 aromatic rings. The topological polar surface area (TPSA) is 62.6 Å². The molecule has 7 nitrogen and oxygen atoms in total. The van der Waals surface area contributed by atoms with Crippen LogP contribution >= 0.6 is 0 Å². The van der Waals surface area contributed by atoms with Crippen LogP contribution in [-0.2, 0) is 11.3 Å². The average molecular weight is 359 g/mol. The molecule has 1 aromatic heterocycles. The number of imidazole rings is 1. The second-order valence-corrected chi connectivity index (χ2v) is 7.22. The van der Waals surface area contributed by atoms with E-state index in [1.165, 1.54) is 0 Å². The van der Waals surface area contributed by atoms with Gasteiger partial charge in [-0.3, -0.25) is 0 Å². The fraction of sp³-hybridized carbons (Fsp3) is 0.579. The molecule has 1 aliphatic heterocycles. The van der Waals surface area contributed by atoms with Crippen molar-refractivity contribution in [2.75, 3.05) is 52.3 Å². The van der Waals surface area contributed by atoms with Crippen LogP contribution in [0.1, 0.15) is 13.3 Å². The number of benzene rings is 1. The van der Waals surface area contributed by atoms with Crippen LogP contribution in [-0.4, -0.2) is 72.3 Å². The van der Waals surface area contributed by atoms with Gasteiger partial charge in [-0.15, -0.1) is 0 Å². The van der Waals surface area contributed by atoms with Gasteiger partial charge in [0.05, 0.1) is 30.6 Å². The summed E-state index contributed by atoms with van der Waals surface area (Å²) < 4.78 is 7.80. The smallest absolute Gasteiger partial charge is 0.321 e. The average Bonchev–Trinajstić information content (AvgIpc) is 2.84. The Morgan fingerprint density at radius 2 is 2.27 bits per heavy atom. The third-order valence-corrected chi connectivity index (χ3v) is 4.59. The second-order valence-electron chi connectivity index (χ2n) is 7.22. The van der Waals surface area contributed by atoms with E-state index >= 15 is 0 Å². The number of nitrogens with one attached hydrogen (secondary N) is 1. The zero-order valence-electron chi connectivity index (χ0n) is 15.9. The molecule has 2 heterocycles.